The summed E-state index contributed by atoms with van der Waals surface area (Å²) in [5.74, 6) is -0.354. The van der Waals surface area contributed by atoms with Crippen LogP contribution in [0.2, 0.25) is 0 Å². The smallest absolute Gasteiger partial charge is 0.259 e. The van der Waals surface area contributed by atoms with Gasteiger partial charge in [0.15, 0.2) is 0 Å². The molecule has 0 atom stereocenters. The number of nitrogens with zero attached hydrogens (tertiary/aromatic N) is 2. The number of oxime groups is 1. The topological polar surface area (TPSA) is 87.0 Å². The number of rotatable bonds is 0. The summed E-state index contributed by atoms with van der Waals surface area (Å²) in [5.41, 5.74) is 1.32. The summed E-state index contributed by atoms with van der Waals surface area (Å²) in [5, 5.41) is 12.4. The first-order valence-electron chi connectivity index (χ1n) is 7.06. The van der Waals surface area contributed by atoms with Crippen LogP contribution in [0.1, 0.15) is 22.3 Å². The Labute approximate surface area is 132 Å². The monoisotopic (exact) mass is 328 g/mol. The molecule has 2 aliphatic rings. The van der Waals surface area contributed by atoms with E-state index < -0.39 is 9.84 Å². The summed E-state index contributed by atoms with van der Waals surface area (Å²) >= 11 is 0. The van der Waals surface area contributed by atoms with E-state index in [-0.39, 0.29) is 27.8 Å². The maximum absolute atomic E-state index is 13.0. The van der Waals surface area contributed by atoms with Crippen molar-refractivity contribution in [3.8, 4) is 0 Å². The van der Waals surface area contributed by atoms with Crippen molar-refractivity contribution in [1.82, 2.24) is 0 Å². The average molecular weight is 328 g/mol. The first-order chi connectivity index (χ1) is 11.1. The molecule has 0 unspecified atom stereocenters. The van der Waals surface area contributed by atoms with Crippen molar-refractivity contribution in [3.63, 3.8) is 0 Å². The van der Waals surface area contributed by atoms with Gasteiger partial charge in [0.25, 0.3) is 5.91 Å². The normalized spacial score (nSPS) is 19.9. The molecule has 0 spiro atoms. The highest BCUT2D eigenvalue weighted by atomic mass is 32.2. The molecule has 0 bridgehead atoms. The van der Waals surface area contributed by atoms with Crippen LogP contribution >= 0.6 is 0 Å². The lowest BCUT2D eigenvalue weighted by atomic mass is 9.99. The van der Waals surface area contributed by atoms with Gasteiger partial charge in [-0.25, -0.2) is 8.42 Å². The summed E-state index contributed by atoms with van der Waals surface area (Å²) in [6.07, 6.45) is 0.362. The Morgan fingerprint density at radius 2 is 1.70 bits per heavy atom. The Balaban J connectivity index is 2.16. The van der Waals surface area contributed by atoms with E-state index in [1.165, 1.54) is 23.1 Å². The van der Waals surface area contributed by atoms with Crippen LogP contribution in [0.25, 0.3) is 0 Å². The fourth-order valence-electron chi connectivity index (χ4n) is 3.16. The van der Waals surface area contributed by atoms with Crippen LogP contribution in [-0.2, 0) is 9.84 Å². The van der Waals surface area contributed by atoms with Gasteiger partial charge in [-0.05, 0) is 18.2 Å². The number of fused-ring (bicyclic) bond motifs is 1. The van der Waals surface area contributed by atoms with Crippen LogP contribution in [0.3, 0.4) is 0 Å². The molecule has 7 heteroatoms. The van der Waals surface area contributed by atoms with Crippen molar-refractivity contribution >= 4 is 27.1 Å². The van der Waals surface area contributed by atoms with Crippen molar-refractivity contribution in [1.29, 1.82) is 0 Å². The molecule has 2 aromatic rings. The van der Waals surface area contributed by atoms with E-state index in [1.807, 2.05) is 0 Å². The van der Waals surface area contributed by atoms with Gasteiger partial charge in [-0.3, -0.25) is 4.79 Å². The van der Waals surface area contributed by atoms with Crippen LogP contribution in [-0.4, -0.2) is 31.8 Å². The third-order valence-corrected chi connectivity index (χ3v) is 6.06. The second-order valence-corrected chi connectivity index (χ2v) is 7.29. The minimum absolute atomic E-state index is 0.00953. The number of amides is 1. The van der Waals surface area contributed by atoms with E-state index in [0.717, 1.165) is 0 Å². The molecule has 6 nitrogen and oxygen atoms in total. The summed E-state index contributed by atoms with van der Waals surface area (Å²) in [7, 11) is -3.83. The van der Waals surface area contributed by atoms with Crippen LogP contribution in [0.5, 0.6) is 0 Å². The highest BCUT2D eigenvalue weighted by molar-refractivity contribution is 7.91. The number of hydrogen-bond donors (Lipinski definition) is 1. The molecular formula is C16H12N2O4S. The number of carbonyl (C=O) groups is 1. The largest absolute Gasteiger partial charge is 0.411 e. The summed E-state index contributed by atoms with van der Waals surface area (Å²) in [4.78, 5) is 14.4. The second kappa shape index (κ2) is 4.66. The molecule has 0 fully saturated rings. The van der Waals surface area contributed by atoms with Crippen molar-refractivity contribution in [2.45, 2.75) is 16.2 Å². The molecule has 0 aliphatic carbocycles. The van der Waals surface area contributed by atoms with Crippen LogP contribution in [0, 0.1) is 0 Å². The predicted molar refractivity (Wildman–Crippen MR) is 83.0 cm³/mol. The Morgan fingerprint density at radius 3 is 2.48 bits per heavy atom. The second-order valence-electron chi connectivity index (χ2n) is 5.41. The molecule has 2 aliphatic heterocycles. The van der Waals surface area contributed by atoms with Gasteiger partial charge in [0, 0.05) is 18.5 Å². The number of sulfone groups is 1. The third-order valence-electron chi connectivity index (χ3n) is 4.21. The molecule has 1 amide bonds. The lowest BCUT2D eigenvalue weighted by molar-refractivity contribution is 0.0984. The lowest BCUT2D eigenvalue weighted by Gasteiger charge is -2.29. The van der Waals surface area contributed by atoms with Crippen molar-refractivity contribution in [2.24, 2.45) is 5.16 Å². The van der Waals surface area contributed by atoms with E-state index in [4.69, 9.17) is 0 Å². The van der Waals surface area contributed by atoms with Crippen molar-refractivity contribution < 1.29 is 18.4 Å². The molecule has 2 heterocycles. The van der Waals surface area contributed by atoms with Gasteiger partial charge in [-0.2, -0.15) is 0 Å². The number of anilines is 1. The van der Waals surface area contributed by atoms with E-state index in [0.29, 0.717) is 23.4 Å². The number of para-hydroxylation sites is 1. The van der Waals surface area contributed by atoms with Crippen molar-refractivity contribution in [2.75, 3.05) is 11.4 Å². The fraction of sp³-hybridized carbons (Fsp3) is 0.125. The molecule has 0 radical (unpaired) electrons. The van der Waals surface area contributed by atoms with Gasteiger partial charge in [-0.1, -0.05) is 29.4 Å². The Morgan fingerprint density at radius 1 is 1.00 bits per heavy atom. The zero-order valence-electron chi connectivity index (χ0n) is 11.9. The number of hydrogen-bond acceptors (Lipinski definition) is 5. The van der Waals surface area contributed by atoms with E-state index >= 15 is 0 Å². The molecule has 0 saturated carbocycles. The quantitative estimate of drug-likeness (QED) is 0.592. The van der Waals surface area contributed by atoms with Gasteiger partial charge < -0.3 is 10.1 Å². The van der Waals surface area contributed by atoms with E-state index in [1.54, 1.807) is 24.3 Å². The maximum Gasteiger partial charge on any atom is 0.259 e. The Bertz CT molecular complexity index is 979. The highest BCUT2D eigenvalue weighted by Gasteiger charge is 2.39. The van der Waals surface area contributed by atoms with Crippen LogP contribution < -0.4 is 4.90 Å². The van der Waals surface area contributed by atoms with Gasteiger partial charge >= 0.3 is 0 Å². The fourth-order valence-corrected chi connectivity index (χ4v) is 4.84. The lowest BCUT2D eigenvalue weighted by Crippen LogP contribution is -2.37. The molecule has 0 aromatic heterocycles. The van der Waals surface area contributed by atoms with Crippen LogP contribution in [0.4, 0.5) is 5.69 Å². The minimum Gasteiger partial charge on any atom is -0.411 e. The first-order valence-corrected chi connectivity index (χ1v) is 8.54. The maximum atomic E-state index is 13.0. The summed E-state index contributed by atoms with van der Waals surface area (Å²) < 4.78 is 26.0. The number of carbonyl (C=O) groups excluding carboxylic acids is 1. The molecule has 4 rings (SSSR count). The van der Waals surface area contributed by atoms with E-state index in [2.05, 4.69) is 5.16 Å². The molecular weight excluding hydrogens is 316 g/mol. The summed E-state index contributed by atoms with van der Waals surface area (Å²) in [6.45, 7) is 0.270. The number of benzene rings is 2. The van der Waals surface area contributed by atoms with Crippen LogP contribution in [0.15, 0.2) is 57.4 Å². The minimum atomic E-state index is -3.83. The first kappa shape index (κ1) is 14.0. The Hall–Kier alpha value is -2.67. The molecule has 2 aromatic carbocycles. The van der Waals surface area contributed by atoms with Gasteiger partial charge in [0.1, 0.15) is 0 Å². The summed E-state index contributed by atoms with van der Waals surface area (Å²) in [6, 6.07) is 11.0. The van der Waals surface area contributed by atoms with Crippen molar-refractivity contribution in [3.05, 3.63) is 53.6 Å². The molecule has 116 valence electrons. The van der Waals surface area contributed by atoms with Gasteiger partial charge in [0.2, 0.25) is 9.84 Å². The van der Waals surface area contributed by atoms with E-state index in [9.17, 15) is 18.4 Å². The van der Waals surface area contributed by atoms with Gasteiger partial charge in [-0.15, -0.1) is 0 Å². The van der Waals surface area contributed by atoms with Gasteiger partial charge in [0.05, 0.1) is 26.8 Å². The third kappa shape index (κ3) is 1.77. The molecule has 1 N–H and O–H groups in total. The predicted octanol–water partition coefficient (Wildman–Crippen LogP) is 2.06. The molecule has 0 saturated heterocycles. The zero-order chi connectivity index (χ0) is 16.2. The average Bonchev–Trinajstić information content (AvgIpc) is 2.65. The standard InChI is InChI=1S/C16H12N2O4S/c19-16-11-4-1-2-6-13(11)23(21,22)14-7-3-5-10-12(17-20)8-9-18(16)15(10)14/h1-7,20H,8-9H2/b17-12-. The highest BCUT2D eigenvalue weighted by Crippen LogP contribution is 2.41. The molecule has 23 heavy (non-hydrogen) atoms. The zero-order valence-corrected chi connectivity index (χ0v) is 12.7. The Kier molecular flexibility index (Phi) is 2.83. The SMILES string of the molecule is O=C1c2ccccc2S(=O)(=O)c2cccc3c2N1CC/C3=N/O.